The zero-order valence-corrected chi connectivity index (χ0v) is 16.0. The molecular formula is C21H19N3O2S. The smallest absolute Gasteiger partial charge is 0.268 e. The Hall–Kier alpha value is -2.99. The van der Waals surface area contributed by atoms with Crippen molar-refractivity contribution in [1.29, 1.82) is 0 Å². The van der Waals surface area contributed by atoms with Crippen molar-refractivity contribution in [2.24, 2.45) is 0 Å². The third kappa shape index (κ3) is 3.36. The molecule has 6 heteroatoms. The number of carbonyl (C=O) groups is 1. The first kappa shape index (κ1) is 17.4. The lowest BCUT2D eigenvalue weighted by Crippen LogP contribution is -2.45. The molecule has 0 aliphatic carbocycles. The number of rotatable bonds is 4. The Morgan fingerprint density at radius 3 is 2.89 bits per heavy atom. The van der Waals surface area contributed by atoms with Crippen LogP contribution in [0.3, 0.4) is 0 Å². The molecule has 0 fully saturated rings. The predicted octanol–water partition coefficient (Wildman–Crippen LogP) is 4.56. The number of hydrogen-bond donors (Lipinski definition) is 0. The Bertz CT molecular complexity index is 1010. The standard InChI is InChI=1S/C21H19N3O2S/c1-13(2)11-24-18-10-15(7-8-19(18)26-14(3)21(24)25)17-12-27-20(23-17)16-6-4-5-9-22-16/h4-10,12,14H,1,11H2,2-3H3. The van der Waals surface area contributed by atoms with E-state index in [0.29, 0.717) is 12.3 Å². The lowest BCUT2D eigenvalue weighted by Gasteiger charge is -2.33. The van der Waals surface area contributed by atoms with E-state index in [1.54, 1.807) is 29.4 Å². The molecular weight excluding hydrogens is 358 g/mol. The number of pyridine rings is 1. The summed E-state index contributed by atoms with van der Waals surface area (Å²) >= 11 is 1.55. The molecule has 136 valence electrons. The van der Waals surface area contributed by atoms with Crippen LogP contribution in [0.4, 0.5) is 5.69 Å². The number of hydrogen-bond acceptors (Lipinski definition) is 5. The van der Waals surface area contributed by atoms with E-state index in [1.165, 1.54) is 0 Å². The lowest BCUT2D eigenvalue weighted by molar-refractivity contribution is -0.125. The summed E-state index contributed by atoms with van der Waals surface area (Å²) in [5.74, 6) is 0.641. The highest BCUT2D eigenvalue weighted by atomic mass is 32.1. The number of ether oxygens (including phenoxy) is 1. The maximum Gasteiger partial charge on any atom is 0.268 e. The second-order valence-electron chi connectivity index (χ2n) is 6.58. The molecule has 2 aromatic heterocycles. The van der Waals surface area contributed by atoms with Gasteiger partial charge in [0.2, 0.25) is 0 Å². The van der Waals surface area contributed by atoms with Crippen LogP contribution >= 0.6 is 11.3 Å². The maximum atomic E-state index is 12.6. The van der Waals surface area contributed by atoms with Crippen molar-refractivity contribution >= 4 is 22.9 Å². The summed E-state index contributed by atoms with van der Waals surface area (Å²) in [4.78, 5) is 23.4. The monoisotopic (exact) mass is 377 g/mol. The molecule has 0 N–H and O–H groups in total. The molecule has 5 nitrogen and oxygen atoms in total. The van der Waals surface area contributed by atoms with E-state index >= 15 is 0 Å². The summed E-state index contributed by atoms with van der Waals surface area (Å²) in [7, 11) is 0. The highest BCUT2D eigenvalue weighted by Gasteiger charge is 2.31. The van der Waals surface area contributed by atoms with Gasteiger partial charge in [0.1, 0.15) is 10.8 Å². The summed E-state index contributed by atoms with van der Waals surface area (Å²) in [6.07, 6.45) is 1.26. The largest absolute Gasteiger partial charge is 0.479 e. The molecule has 1 unspecified atom stereocenters. The molecule has 0 saturated heterocycles. The number of thiazole rings is 1. The summed E-state index contributed by atoms with van der Waals surface area (Å²) in [6.45, 7) is 8.10. The summed E-state index contributed by atoms with van der Waals surface area (Å²) in [5.41, 5.74) is 4.31. The quantitative estimate of drug-likeness (QED) is 0.626. The van der Waals surface area contributed by atoms with Crippen molar-refractivity contribution < 1.29 is 9.53 Å². The van der Waals surface area contributed by atoms with Gasteiger partial charge in [-0.05, 0) is 44.2 Å². The zero-order valence-electron chi connectivity index (χ0n) is 15.2. The lowest BCUT2D eigenvalue weighted by atomic mass is 10.1. The Morgan fingerprint density at radius 1 is 1.30 bits per heavy atom. The van der Waals surface area contributed by atoms with Crippen molar-refractivity contribution in [3.8, 4) is 27.7 Å². The molecule has 3 heterocycles. The Kier molecular flexibility index (Phi) is 4.49. The summed E-state index contributed by atoms with van der Waals surface area (Å²) in [5, 5.41) is 2.87. The van der Waals surface area contributed by atoms with Crippen LogP contribution < -0.4 is 9.64 Å². The highest BCUT2D eigenvalue weighted by Crippen LogP contribution is 2.38. The number of anilines is 1. The third-order valence-corrected chi connectivity index (χ3v) is 5.14. The summed E-state index contributed by atoms with van der Waals surface area (Å²) < 4.78 is 5.77. The van der Waals surface area contributed by atoms with E-state index in [4.69, 9.17) is 9.72 Å². The zero-order chi connectivity index (χ0) is 19.0. The van der Waals surface area contributed by atoms with Crippen molar-refractivity contribution in [2.45, 2.75) is 20.0 Å². The van der Waals surface area contributed by atoms with Gasteiger partial charge < -0.3 is 9.64 Å². The molecule has 0 bridgehead atoms. The van der Waals surface area contributed by atoms with Gasteiger partial charge in [-0.15, -0.1) is 11.3 Å². The number of carbonyl (C=O) groups excluding carboxylic acids is 1. The van der Waals surface area contributed by atoms with Crippen molar-refractivity contribution in [2.75, 3.05) is 11.4 Å². The van der Waals surface area contributed by atoms with Crippen LogP contribution in [0.1, 0.15) is 13.8 Å². The highest BCUT2D eigenvalue weighted by molar-refractivity contribution is 7.13. The van der Waals surface area contributed by atoms with Crippen LogP contribution in [-0.4, -0.2) is 28.5 Å². The molecule has 0 saturated carbocycles. The first-order chi connectivity index (χ1) is 13.0. The van der Waals surface area contributed by atoms with Gasteiger partial charge in [-0.2, -0.15) is 0 Å². The van der Waals surface area contributed by atoms with Gasteiger partial charge in [0, 0.05) is 23.7 Å². The molecule has 1 aromatic carbocycles. The van der Waals surface area contributed by atoms with E-state index in [2.05, 4.69) is 11.6 Å². The van der Waals surface area contributed by atoms with Crippen LogP contribution in [0, 0.1) is 0 Å². The van der Waals surface area contributed by atoms with Crippen LogP contribution in [0.5, 0.6) is 5.75 Å². The average molecular weight is 377 g/mol. The number of aromatic nitrogens is 2. The predicted molar refractivity (Wildman–Crippen MR) is 108 cm³/mol. The minimum absolute atomic E-state index is 0.0601. The fourth-order valence-electron chi connectivity index (χ4n) is 3.01. The Labute approximate surface area is 162 Å². The van der Waals surface area contributed by atoms with Gasteiger partial charge in [-0.3, -0.25) is 9.78 Å². The van der Waals surface area contributed by atoms with E-state index in [-0.39, 0.29) is 5.91 Å². The molecule has 0 radical (unpaired) electrons. The van der Waals surface area contributed by atoms with Gasteiger partial charge in [-0.1, -0.05) is 18.2 Å². The molecule has 27 heavy (non-hydrogen) atoms. The first-order valence-electron chi connectivity index (χ1n) is 8.66. The fourth-order valence-corrected chi connectivity index (χ4v) is 3.82. The summed E-state index contributed by atoms with van der Waals surface area (Å²) in [6, 6.07) is 11.6. The topological polar surface area (TPSA) is 55.3 Å². The van der Waals surface area contributed by atoms with E-state index in [9.17, 15) is 4.79 Å². The first-order valence-corrected chi connectivity index (χ1v) is 9.54. The van der Waals surface area contributed by atoms with Crippen molar-refractivity contribution in [1.82, 2.24) is 9.97 Å². The minimum atomic E-state index is -0.502. The van der Waals surface area contributed by atoms with E-state index < -0.39 is 6.10 Å². The third-order valence-electron chi connectivity index (χ3n) is 4.28. The molecule has 0 spiro atoms. The maximum absolute atomic E-state index is 12.6. The second-order valence-corrected chi connectivity index (χ2v) is 7.44. The van der Waals surface area contributed by atoms with Crippen LogP contribution in [0.25, 0.3) is 22.0 Å². The van der Waals surface area contributed by atoms with Crippen LogP contribution in [0.2, 0.25) is 0 Å². The minimum Gasteiger partial charge on any atom is -0.479 e. The van der Waals surface area contributed by atoms with Gasteiger partial charge >= 0.3 is 0 Å². The SMILES string of the molecule is C=C(C)CN1C(=O)C(C)Oc2ccc(-c3csc(-c4ccccn4)n3)cc21. The van der Waals surface area contributed by atoms with E-state index in [0.717, 1.165) is 33.2 Å². The van der Waals surface area contributed by atoms with Crippen LogP contribution in [-0.2, 0) is 4.79 Å². The Morgan fingerprint density at radius 2 is 2.15 bits per heavy atom. The van der Waals surface area contributed by atoms with Gasteiger partial charge in [0.05, 0.1) is 17.1 Å². The van der Waals surface area contributed by atoms with Gasteiger partial charge in [-0.25, -0.2) is 4.98 Å². The second kappa shape index (κ2) is 6.96. The van der Waals surface area contributed by atoms with Crippen molar-refractivity contribution in [3.63, 3.8) is 0 Å². The van der Waals surface area contributed by atoms with Gasteiger partial charge in [0.15, 0.2) is 6.10 Å². The van der Waals surface area contributed by atoms with E-state index in [1.807, 2.05) is 48.7 Å². The van der Waals surface area contributed by atoms with Crippen molar-refractivity contribution in [3.05, 3.63) is 60.1 Å². The fraction of sp³-hybridized carbons (Fsp3) is 0.190. The molecule has 1 atom stereocenters. The Balaban J connectivity index is 1.72. The average Bonchev–Trinajstić information content (AvgIpc) is 3.16. The normalized spacial score (nSPS) is 16.0. The molecule has 1 aliphatic heterocycles. The number of amides is 1. The number of fused-ring (bicyclic) bond motifs is 1. The number of benzene rings is 1. The molecule has 1 amide bonds. The van der Waals surface area contributed by atoms with Crippen LogP contribution in [0.15, 0.2) is 60.1 Å². The molecule has 4 rings (SSSR count). The molecule has 3 aromatic rings. The molecule has 1 aliphatic rings. The van der Waals surface area contributed by atoms with Gasteiger partial charge in [0.25, 0.3) is 5.91 Å². The number of nitrogens with zero attached hydrogens (tertiary/aromatic N) is 3.